The standard InChI is InChI=1S/C17H18FNO2S/c18-15-10-8-14(9-11-15)13-16-5-4-12-19(16)22(20,21)17-6-2-1-3-7-17/h1-3,6-11,16H,4-5,12-13H2. The van der Waals surface area contributed by atoms with E-state index in [1.165, 1.54) is 12.1 Å². The molecule has 0 bridgehead atoms. The number of benzene rings is 2. The second-order valence-electron chi connectivity index (χ2n) is 5.56. The Labute approximate surface area is 130 Å². The number of sulfonamides is 1. The summed E-state index contributed by atoms with van der Waals surface area (Å²) in [4.78, 5) is 0.334. The molecular formula is C17H18FNO2S. The van der Waals surface area contributed by atoms with Crippen LogP contribution in [-0.2, 0) is 16.4 Å². The van der Waals surface area contributed by atoms with E-state index in [1.54, 1.807) is 46.8 Å². The van der Waals surface area contributed by atoms with Gasteiger partial charge in [-0.15, -0.1) is 0 Å². The van der Waals surface area contributed by atoms with Crippen LogP contribution in [0.4, 0.5) is 4.39 Å². The van der Waals surface area contributed by atoms with Crippen LogP contribution < -0.4 is 0 Å². The van der Waals surface area contributed by atoms with Crippen LogP contribution in [0.25, 0.3) is 0 Å². The summed E-state index contributed by atoms with van der Waals surface area (Å²) in [7, 11) is -3.46. The predicted molar refractivity (Wildman–Crippen MR) is 83.5 cm³/mol. The molecule has 0 radical (unpaired) electrons. The van der Waals surface area contributed by atoms with E-state index < -0.39 is 10.0 Å². The molecule has 1 atom stereocenters. The number of hydrogen-bond acceptors (Lipinski definition) is 2. The average molecular weight is 319 g/mol. The minimum Gasteiger partial charge on any atom is -0.207 e. The first-order valence-electron chi connectivity index (χ1n) is 7.39. The molecule has 3 nitrogen and oxygen atoms in total. The van der Waals surface area contributed by atoms with Crippen LogP contribution >= 0.6 is 0 Å². The van der Waals surface area contributed by atoms with Crippen LogP contribution in [-0.4, -0.2) is 25.3 Å². The maximum Gasteiger partial charge on any atom is 0.243 e. The molecule has 116 valence electrons. The molecule has 2 aromatic rings. The van der Waals surface area contributed by atoms with Gasteiger partial charge in [-0.05, 0) is 49.1 Å². The lowest BCUT2D eigenvalue weighted by Gasteiger charge is -2.24. The topological polar surface area (TPSA) is 37.4 Å². The van der Waals surface area contributed by atoms with Crippen LogP contribution in [0.5, 0.6) is 0 Å². The first-order chi connectivity index (χ1) is 10.6. The minimum absolute atomic E-state index is 0.0596. The van der Waals surface area contributed by atoms with Crippen molar-refractivity contribution in [3.63, 3.8) is 0 Å². The van der Waals surface area contributed by atoms with E-state index in [1.807, 2.05) is 0 Å². The molecule has 22 heavy (non-hydrogen) atoms. The van der Waals surface area contributed by atoms with E-state index in [0.29, 0.717) is 17.9 Å². The highest BCUT2D eigenvalue weighted by atomic mass is 32.2. The molecular weight excluding hydrogens is 301 g/mol. The summed E-state index contributed by atoms with van der Waals surface area (Å²) in [6.45, 7) is 0.545. The third kappa shape index (κ3) is 3.05. The molecule has 5 heteroatoms. The first kappa shape index (κ1) is 15.2. The van der Waals surface area contributed by atoms with E-state index in [9.17, 15) is 12.8 Å². The molecule has 1 aliphatic heterocycles. The van der Waals surface area contributed by atoms with Crippen molar-refractivity contribution in [3.05, 3.63) is 66.0 Å². The molecule has 0 aromatic heterocycles. The Morgan fingerprint density at radius 2 is 1.73 bits per heavy atom. The Hall–Kier alpha value is -1.72. The third-order valence-electron chi connectivity index (χ3n) is 4.06. The Balaban J connectivity index is 1.82. The van der Waals surface area contributed by atoms with E-state index in [0.717, 1.165) is 18.4 Å². The quantitative estimate of drug-likeness (QED) is 0.868. The molecule has 1 unspecified atom stereocenters. The van der Waals surface area contributed by atoms with Gasteiger partial charge in [0.15, 0.2) is 0 Å². The van der Waals surface area contributed by atoms with Gasteiger partial charge in [0.25, 0.3) is 0 Å². The molecule has 3 rings (SSSR count). The summed E-state index contributed by atoms with van der Waals surface area (Å²) in [5.74, 6) is -0.274. The maximum atomic E-state index is 13.0. The molecule has 1 heterocycles. The van der Waals surface area contributed by atoms with Crippen molar-refractivity contribution >= 4 is 10.0 Å². The molecule has 0 aliphatic carbocycles. The molecule has 0 saturated carbocycles. The fraction of sp³-hybridized carbons (Fsp3) is 0.294. The monoisotopic (exact) mass is 319 g/mol. The summed E-state index contributed by atoms with van der Waals surface area (Å²) < 4.78 is 40.1. The fourth-order valence-electron chi connectivity index (χ4n) is 2.95. The smallest absolute Gasteiger partial charge is 0.207 e. The van der Waals surface area contributed by atoms with Crippen LogP contribution in [0, 0.1) is 5.82 Å². The van der Waals surface area contributed by atoms with Crippen LogP contribution in [0.15, 0.2) is 59.5 Å². The number of halogens is 1. The van der Waals surface area contributed by atoms with Gasteiger partial charge in [0, 0.05) is 12.6 Å². The largest absolute Gasteiger partial charge is 0.243 e. The lowest BCUT2D eigenvalue weighted by molar-refractivity contribution is 0.385. The summed E-state index contributed by atoms with van der Waals surface area (Å²) >= 11 is 0. The normalized spacial score (nSPS) is 19.4. The summed E-state index contributed by atoms with van der Waals surface area (Å²) in [5, 5.41) is 0. The summed E-state index contributed by atoms with van der Waals surface area (Å²) in [6, 6.07) is 14.7. The maximum absolute atomic E-state index is 13.0. The Kier molecular flexibility index (Phi) is 4.27. The Bertz CT molecular complexity index is 729. The lowest BCUT2D eigenvalue weighted by Crippen LogP contribution is -2.36. The van der Waals surface area contributed by atoms with E-state index in [2.05, 4.69) is 0 Å². The number of nitrogens with zero attached hydrogens (tertiary/aromatic N) is 1. The van der Waals surface area contributed by atoms with Gasteiger partial charge in [0.05, 0.1) is 4.90 Å². The van der Waals surface area contributed by atoms with Gasteiger partial charge in [-0.1, -0.05) is 30.3 Å². The average Bonchev–Trinajstić information content (AvgIpc) is 2.99. The second-order valence-corrected chi connectivity index (χ2v) is 7.45. The van der Waals surface area contributed by atoms with Gasteiger partial charge in [0.1, 0.15) is 5.82 Å². The fourth-order valence-corrected chi connectivity index (χ4v) is 4.66. The minimum atomic E-state index is -3.46. The highest BCUT2D eigenvalue weighted by Crippen LogP contribution is 2.28. The first-order valence-corrected chi connectivity index (χ1v) is 8.83. The van der Waals surface area contributed by atoms with E-state index in [4.69, 9.17) is 0 Å². The molecule has 1 fully saturated rings. The molecule has 2 aromatic carbocycles. The lowest BCUT2D eigenvalue weighted by atomic mass is 10.0. The van der Waals surface area contributed by atoms with E-state index in [-0.39, 0.29) is 11.9 Å². The van der Waals surface area contributed by atoms with Crippen molar-refractivity contribution in [2.75, 3.05) is 6.54 Å². The third-order valence-corrected chi connectivity index (χ3v) is 6.02. The van der Waals surface area contributed by atoms with Gasteiger partial charge < -0.3 is 0 Å². The SMILES string of the molecule is O=S(=O)(c1ccccc1)N1CCCC1Cc1ccc(F)cc1. The van der Waals surface area contributed by atoms with Gasteiger partial charge in [0.2, 0.25) is 10.0 Å². The van der Waals surface area contributed by atoms with Gasteiger partial charge in [-0.25, -0.2) is 12.8 Å². The predicted octanol–water partition coefficient (Wildman–Crippen LogP) is 3.22. The van der Waals surface area contributed by atoms with Crippen molar-refractivity contribution in [1.29, 1.82) is 0 Å². The molecule has 0 spiro atoms. The van der Waals surface area contributed by atoms with E-state index >= 15 is 0 Å². The second kappa shape index (κ2) is 6.18. The van der Waals surface area contributed by atoms with Crippen molar-refractivity contribution in [3.8, 4) is 0 Å². The van der Waals surface area contributed by atoms with Gasteiger partial charge in [-0.2, -0.15) is 4.31 Å². The van der Waals surface area contributed by atoms with Crippen molar-refractivity contribution < 1.29 is 12.8 Å². The van der Waals surface area contributed by atoms with Crippen LogP contribution in [0.1, 0.15) is 18.4 Å². The van der Waals surface area contributed by atoms with Gasteiger partial charge >= 0.3 is 0 Å². The molecule has 0 amide bonds. The zero-order chi connectivity index (χ0) is 15.6. The van der Waals surface area contributed by atoms with Gasteiger partial charge in [-0.3, -0.25) is 0 Å². The number of rotatable bonds is 4. The van der Waals surface area contributed by atoms with Crippen LogP contribution in [0.3, 0.4) is 0 Å². The van der Waals surface area contributed by atoms with Crippen molar-refractivity contribution in [2.24, 2.45) is 0 Å². The Morgan fingerprint density at radius 3 is 2.41 bits per heavy atom. The molecule has 1 aliphatic rings. The Morgan fingerprint density at radius 1 is 1.05 bits per heavy atom. The molecule has 1 saturated heterocycles. The highest BCUT2D eigenvalue weighted by molar-refractivity contribution is 7.89. The van der Waals surface area contributed by atoms with Crippen molar-refractivity contribution in [1.82, 2.24) is 4.31 Å². The number of hydrogen-bond donors (Lipinski definition) is 0. The molecule has 0 N–H and O–H groups in total. The highest BCUT2D eigenvalue weighted by Gasteiger charge is 2.35. The van der Waals surface area contributed by atoms with Crippen LogP contribution in [0.2, 0.25) is 0 Å². The summed E-state index contributed by atoms with van der Waals surface area (Å²) in [5.41, 5.74) is 0.960. The summed E-state index contributed by atoms with van der Waals surface area (Å²) in [6.07, 6.45) is 2.31. The van der Waals surface area contributed by atoms with Crippen molar-refractivity contribution in [2.45, 2.75) is 30.2 Å². The zero-order valence-corrected chi connectivity index (χ0v) is 13.0. The zero-order valence-electron chi connectivity index (χ0n) is 12.2.